The van der Waals surface area contributed by atoms with Crippen molar-refractivity contribution in [3.05, 3.63) is 382 Å². The van der Waals surface area contributed by atoms with Gasteiger partial charge in [0, 0.05) is 63.0 Å². The van der Waals surface area contributed by atoms with Gasteiger partial charge in [-0.15, -0.1) is 0 Å². The van der Waals surface area contributed by atoms with Gasteiger partial charge >= 0.3 is 6.18 Å². The quantitative estimate of drug-likeness (QED) is 0.114. The highest BCUT2D eigenvalue weighted by Crippen LogP contribution is 2.48. The molecule has 0 heterocycles. The summed E-state index contributed by atoms with van der Waals surface area (Å²) in [5.74, 6) is 2.37. The van der Waals surface area contributed by atoms with E-state index in [-0.39, 0.29) is 41.6 Å². The molecule has 9 heteroatoms. The molecule has 0 aliphatic heterocycles. The first-order valence-electron chi connectivity index (χ1n) is 46.2. The van der Waals surface area contributed by atoms with Gasteiger partial charge in [0.2, 0.25) is 0 Å². The van der Waals surface area contributed by atoms with Crippen LogP contribution in [0.5, 0.6) is 0 Å². The highest BCUT2D eigenvalue weighted by molar-refractivity contribution is 6.14. The Balaban J connectivity index is 0.000000113. The summed E-state index contributed by atoms with van der Waals surface area (Å²) in [6.07, 6.45) is 8.20. The molecule has 0 aromatic heterocycles. The summed E-state index contributed by atoms with van der Waals surface area (Å²) in [5, 5.41) is 4.86. The van der Waals surface area contributed by atoms with Crippen LogP contribution < -0.4 is 0 Å². The molecule has 1 saturated carbocycles. The number of rotatable bonds is 13. The fourth-order valence-electron chi connectivity index (χ4n) is 21.1. The van der Waals surface area contributed by atoms with E-state index in [1.807, 2.05) is 60.7 Å². The first-order chi connectivity index (χ1) is 62.0. The number of ketones is 6. The van der Waals surface area contributed by atoms with Gasteiger partial charge in [0.05, 0.1) is 0 Å². The van der Waals surface area contributed by atoms with Gasteiger partial charge in [0.25, 0.3) is 0 Å². The number of fused-ring (bicyclic) bond motifs is 8. The van der Waals surface area contributed by atoms with Gasteiger partial charge in [-0.05, 0) is 215 Å². The van der Waals surface area contributed by atoms with Crippen molar-refractivity contribution in [3.8, 4) is 66.8 Å². The zero-order valence-electron chi connectivity index (χ0n) is 74.6. The van der Waals surface area contributed by atoms with Crippen molar-refractivity contribution < 1.29 is 41.9 Å². The largest absolute Gasteiger partial charge is 0.399 e. The standard InChI is InChI=1S/C23H22O.C22H20O.C21H22O.C19H20O.C18H18O.C16H11F3O/c1-15(2)13-18-14-17-9-6-12-21(22(17)23(18)24)20-11-5-8-16-7-3-4-10-19(16)20;1-14(2)20-13-16-9-6-12-19(21(16)22(20)23)18-11-5-8-15-7-3-4-10-17(15)18;22-21-19(16-10-5-2-6-11-16)14-17-12-7-13-18(20(17)21)15-8-3-1-4-9-15;1-13(2)11-16-12-15-9-6-10-17(18(15)19(16)20)14-7-4-3-5-8-14;1-12(2)16-11-14-9-6-10-15(17(14)18(16)19)13-7-4-3-5-8-13;17-16(18,19)13-9-11-7-4-8-12(14(11)15(13)20)10-5-2-1-3-6-10/h3-12,15,18H,13-14H2,1-2H3;3-12,14,20H,13H2,1-2H3;1,3-4,7-9,12-13,16,19H,2,5-6,10-11,14H2;3-10,13,16H,11-12H2,1-2H3;3-10,12,16H,11H2,1-2H3;1-8,13H,9H2. The number of carbonyl (C=O) groups excluding carboxylic acids is 6. The fourth-order valence-corrected chi connectivity index (χ4v) is 21.1. The second kappa shape index (κ2) is 39.3. The average molecular weight is 1700 g/mol. The van der Waals surface area contributed by atoms with Crippen LogP contribution in [0.4, 0.5) is 13.2 Å². The van der Waals surface area contributed by atoms with Gasteiger partial charge in [-0.3, -0.25) is 28.8 Å². The van der Waals surface area contributed by atoms with E-state index in [0.717, 1.165) is 128 Å². The SMILES string of the molecule is CC(C)C1Cc2cccc(-c3cccc4ccccc34)c2C1=O.CC(C)C1Cc2cccc(-c3ccccc3)c2C1=O.CC(C)CC1Cc2cccc(-c3cccc4ccccc34)c2C1=O.CC(C)CC1Cc2cccc(-c3ccccc3)c2C1=O.O=C1c2c(cccc2-c2ccccc2)CC1C(F)(F)F.O=C1c2c(cccc2-c2ccccc2)CC1C1CCCCC1. The molecule has 14 aromatic rings. The Hall–Kier alpha value is -12.6. The van der Waals surface area contributed by atoms with Crippen LogP contribution in [0, 0.1) is 65.1 Å². The normalized spacial score (nSPS) is 18.2. The summed E-state index contributed by atoms with van der Waals surface area (Å²) in [4.78, 5) is 76.6. The minimum absolute atomic E-state index is 0.126. The fraction of sp³-hybridized carbons (Fsp3) is 0.277. The van der Waals surface area contributed by atoms with E-state index in [1.165, 1.54) is 87.0 Å². The Kier molecular flexibility index (Phi) is 27.3. The molecule has 0 N–H and O–H groups in total. The van der Waals surface area contributed by atoms with Gasteiger partial charge in [0.15, 0.2) is 34.7 Å². The maximum Gasteiger partial charge on any atom is 0.399 e. The van der Waals surface area contributed by atoms with Crippen molar-refractivity contribution in [2.24, 2.45) is 65.1 Å². The maximum atomic E-state index is 13.1. The molecule has 7 aliphatic carbocycles. The maximum absolute atomic E-state index is 13.1. The van der Waals surface area contributed by atoms with E-state index >= 15 is 0 Å². The molecule has 0 amide bonds. The molecule has 6 unspecified atom stereocenters. The summed E-state index contributed by atoms with van der Waals surface area (Å²) < 4.78 is 38.7. The Morgan fingerprint density at radius 3 is 0.914 bits per heavy atom. The first-order valence-corrected chi connectivity index (χ1v) is 46.2. The smallest absolute Gasteiger partial charge is 0.294 e. The summed E-state index contributed by atoms with van der Waals surface area (Å²) in [7, 11) is 0. The highest BCUT2D eigenvalue weighted by atomic mass is 19.4. The van der Waals surface area contributed by atoms with Gasteiger partial charge in [-0.2, -0.15) is 13.2 Å². The van der Waals surface area contributed by atoms with Crippen LogP contribution in [0.15, 0.2) is 315 Å². The second-order valence-electron chi connectivity index (χ2n) is 37.4. The topological polar surface area (TPSA) is 102 Å². The zero-order chi connectivity index (χ0) is 89.4. The third-order valence-corrected chi connectivity index (χ3v) is 27.4. The van der Waals surface area contributed by atoms with Crippen LogP contribution >= 0.6 is 0 Å². The molecule has 21 rings (SSSR count). The summed E-state index contributed by atoms with van der Waals surface area (Å²) >= 11 is 0. The van der Waals surface area contributed by atoms with E-state index < -0.39 is 17.9 Å². The molecular weight excluding hydrogens is 1580 g/mol. The Morgan fingerprint density at radius 2 is 0.547 bits per heavy atom. The Bertz CT molecular complexity index is 6400. The van der Waals surface area contributed by atoms with Crippen molar-refractivity contribution in [2.45, 2.75) is 145 Å². The lowest BCUT2D eigenvalue weighted by atomic mass is 9.78. The molecule has 0 radical (unpaired) electrons. The van der Waals surface area contributed by atoms with Crippen molar-refractivity contribution in [1.82, 2.24) is 0 Å². The third-order valence-electron chi connectivity index (χ3n) is 27.4. The average Bonchev–Trinajstić information content (AvgIpc) is 1.61. The number of halogens is 3. The lowest BCUT2D eigenvalue weighted by Crippen LogP contribution is -2.28. The Morgan fingerprint density at radius 1 is 0.266 bits per heavy atom. The highest BCUT2D eigenvalue weighted by Gasteiger charge is 2.50. The molecule has 0 bridgehead atoms. The third kappa shape index (κ3) is 18.9. The van der Waals surface area contributed by atoms with Crippen molar-refractivity contribution in [3.63, 3.8) is 0 Å². The molecule has 646 valence electrons. The second-order valence-corrected chi connectivity index (χ2v) is 37.4. The van der Waals surface area contributed by atoms with Crippen LogP contribution in [0.25, 0.3) is 88.3 Å². The summed E-state index contributed by atoms with van der Waals surface area (Å²) in [6, 6.07) is 106. The van der Waals surface area contributed by atoms with Crippen LogP contribution in [0.3, 0.4) is 0 Å². The lowest BCUT2D eigenvalue weighted by Gasteiger charge is -2.26. The summed E-state index contributed by atoms with van der Waals surface area (Å²) in [6.45, 7) is 17.3. The van der Waals surface area contributed by atoms with Crippen LogP contribution in [0.1, 0.15) is 196 Å². The van der Waals surface area contributed by atoms with Crippen molar-refractivity contribution in [2.75, 3.05) is 0 Å². The minimum Gasteiger partial charge on any atom is -0.294 e. The monoisotopic (exact) mass is 1690 g/mol. The summed E-state index contributed by atoms with van der Waals surface area (Å²) in [5.41, 5.74) is 24.3. The van der Waals surface area contributed by atoms with Gasteiger partial charge in [-0.25, -0.2) is 0 Å². The van der Waals surface area contributed by atoms with Crippen molar-refractivity contribution >= 4 is 56.2 Å². The first kappa shape index (κ1) is 88.8. The number of hydrogen-bond donors (Lipinski definition) is 0. The van der Waals surface area contributed by atoms with Crippen LogP contribution in [-0.4, -0.2) is 40.9 Å². The van der Waals surface area contributed by atoms with Crippen LogP contribution in [-0.2, 0) is 38.5 Å². The van der Waals surface area contributed by atoms with E-state index in [9.17, 15) is 41.9 Å². The van der Waals surface area contributed by atoms with Gasteiger partial charge in [0.1, 0.15) is 5.92 Å². The minimum atomic E-state index is -4.48. The number of hydrogen-bond acceptors (Lipinski definition) is 6. The van der Waals surface area contributed by atoms with E-state index in [2.05, 4.69) is 268 Å². The molecule has 0 spiro atoms. The lowest BCUT2D eigenvalue weighted by molar-refractivity contribution is -0.158. The van der Waals surface area contributed by atoms with Crippen molar-refractivity contribution in [1.29, 1.82) is 0 Å². The van der Waals surface area contributed by atoms with E-state index in [1.54, 1.807) is 42.5 Å². The van der Waals surface area contributed by atoms with E-state index in [0.29, 0.717) is 69.6 Å². The molecule has 6 nitrogen and oxygen atoms in total. The molecular formula is C119H113F3O6. The molecule has 7 aliphatic rings. The molecule has 6 atom stereocenters. The van der Waals surface area contributed by atoms with E-state index in [4.69, 9.17) is 0 Å². The number of Topliss-reactive ketones (excluding diaryl/α,β-unsaturated/α-hetero) is 6. The van der Waals surface area contributed by atoms with Crippen LogP contribution in [0.2, 0.25) is 0 Å². The predicted molar refractivity (Wildman–Crippen MR) is 517 cm³/mol. The molecule has 128 heavy (non-hydrogen) atoms. The molecule has 14 aromatic carbocycles. The molecule has 0 saturated heterocycles. The van der Waals surface area contributed by atoms with Gasteiger partial charge < -0.3 is 0 Å². The number of carbonyl (C=O) groups is 6. The van der Waals surface area contributed by atoms with Gasteiger partial charge in [-0.1, -0.05) is 390 Å². The number of alkyl halides is 3. The zero-order valence-corrected chi connectivity index (χ0v) is 74.6. The number of benzene rings is 14. The predicted octanol–water partition coefficient (Wildman–Crippen LogP) is 30.1. The molecule has 1 fully saturated rings. The Labute approximate surface area is 752 Å².